The van der Waals surface area contributed by atoms with E-state index < -0.39 is 0 Å². The lowest BCUT2D eigenvalue weighted by Gasteiger charge is -2.34. The van der Waals surface area contributed by atoms with Crippen molar-refractivity contribution in [2.45, 2.75) is 45.3 Å². The third-order valence-electron chi connectivity index (χ3n) is 5.57. The maximum atomic E-state index is 12.7. The number of amides is 1. The Bertz CT molecular complexity index is 764. The highest BCUT2D eigenvalue weighted by Crippen LogP contribution is 2.31. The van der Waals surface area contributed by atoms with Crippen molar-refractivity contribution in [2.75, 3.05) is 32.8 Å². The molecule has 146 valence electrons. The Morgan fingerprint density at radius 2 is 2.15 bits per heavy atom. The van der Waals surface area contributed by atoms with E-state index in [1.54, 1.807) is 0 Å². The van der Waals surface area contributed by atoms with Crippen LogP contribution in [0, 0.1) is 0 Å². The average Bonchev–Trinajstić information content (AvgIpc) is 3.38. The molecule has 0 spiro atoms. The molecule has 0 aliphatic carbocycles. The predicted octanol–water partition coefficient (Wildman–Crippen LogP) is 1.83. The van der Waals surface area contributed by atoms with Crippen LogP contribution >= 0.6 is 0 Å². The molecule has 2 aliphatic rings. The van der Waals surface area contributed by atoms with E-state index in [0.717, 1.165) is 37.6 Å². The number of ether oxygens (including phenoxy) is 1. The molecule has 2 saturated heterocycles. The van der Waals surface area contributed by atoms with Crippen molar-refractivity contribution in [1.82, 2.24) is 29.5 Å². The second kappa shape index (κ2) is 8.22. The number of likely N-dealkylation sites (tertiary alicyclic amines) is 1. The number of nitrogens with zero attached hydrogens (tertiary/aromatic N) is 5. The molecule has 0 radical (unpaired) electrons. The van der Waals surface area contributed by atoms with Gasteiger partial charge in [-0.2, -0.15) is 5.10 Å². The summed E-state index contributed by atoms with van der Waals surface area (Å²) < 4.78 is 7.52. The van der Waals surface area contributed by atoms with Gasteiger partial charge < -0.3 is 14.2 Å². The van der Waals surface area contributed by atoms with Crippen molar-refractivity contribution in [3.8, 4) is 0 Å². The second-order valence-corrected chi connectivity index (χ2v) is 7.22. The highest BCUT2D eigenvalue weighted by Gasteiger charge is 2.28. The van der Waals surface area contributed by atoms with E-state index in [2.05, 4.69) is 31.6 Å². The van der Waals surface area contributed by atoms with Gasteiger partial charge in [0.15, 0.2) is 0 Å². The Hall–Kier alpha value is -2.19. The maximum absolute atomic E-state index is 12.7. The van der Waals surface area contributed by atoms with Gasteiger partial charge in [-0.1, -0.05) is 6.42 Å². The highest BCUT2D eigenvalue weighted by atomic mass is 16.5. The Morgan fingerprint density at radius 3 is 2.96 bits per heavy atom. The van der Waals surface area contributed by atoms with E-state index in [1.807, 2.05) is 23.4 Å². The fourth-order valence-electron chi connectivity index (χ4n) is 4.04. The van der Waals surface area contributed by atoms with Crippen LogP contribution in [0.1, 0.15) is 54.2 Å². The quantitative estimate of drug-likeness (QED) is 0.866. The van der Waals surface area contributed by atoms with E-state index >= 15 is 0 Å². The summed E-state index contributed by atoms with van der Waals surface area (Å²) >= 11 is 0. The number of aryl methyl sites for hydroxylation is 1. The summed E-state index contributed by atoms with van der Waals surface area (Å²) in [5.41, 5.74) is 1.54. The normalized spacial score (nSPS) is 21.5. The minimum absolute atomic E-state index is 0.00955. The van der Waals surface area contributed by atoms with Gasteiger partial charge in [0.25, 0.3) is 5.91 Å². The van der Waals surface area contributed by atoms with Crippen LogP contribution in [-0.4, -0.2) is 68.3 Å². The Labute approximate surface area is 159 Å². The van der Waals surface area contributed by atoms with Gasteiger partial charge in [0.1, 0.15) is 11.5 Å². The van der Waals surface area contributed by atoms with Crippen LogP contribution in [0.25, 0.3) is 0 Å². The first-order chi connectivity index (χ1) is 13.3. The summed E-state index contributed by atoms with van der Waals surface area (Å²) in [4.78, 5) is 21.5. The van der Waals surface area contributed by atoms with Gasteiger partial charge in [-0.15, -0.1) is 0 Å². The Morgan fingerprint density at radius 1 is 1.30 bits per heavy atom. The maximum Gasteiger partial charge on any atom is 0.274 e. The smallest absolute Gasteiger partial charge is 0.274 e. The minimum atomic E-state index is -0.00955. The fourth-order valence-corrected chi connectivity index (χ4v) is 4.04. The molecule has 4 heterocycles. The van der Waals surface area contributed by atoms with Crippen LogP contribution in [0.4, 0.5) is 0 Å². The van der Waals surface area contributed by atoms with Crippen molar-refractivity contribution < 1.29 is 9.53 Å². The lowest BCUT2D eigenvalue weighted by molar-refractivity contribution is 0.0299. The monoisotopic (exact) mass is 372 g/mol. The zero-order valence-electron chi connectivity index (χ0n) is 15.9. The van der Waals surface area contributed by atoms with Crippen LogP contribution in [0.15, 0.2) is 18.5 Å². The number of piperidine rings is 1. The number of hydrogen-bond donors (Lipinski definition) is 1. The molecule has 1 N–H and O–H groups in total. The molecule has 0 aromatic carbocycles. The Kier molecular flexibility index (Phi) is 5.54. The highest BCUT2D eigenvalue weighted by molar-refractivity contribution is 5.92. The lowest BCUT2D eigenvalue weighted by Crippen LogP contribution is -2.40. The Balaban J connectivity index is 1.49. The summed E-state index contributed by atoms with van der Waals surface area (Å²) in [7, 11) is 0. The summed E-state index contributed by atoms with van der Waals surface area (Å²) in [6, 6.07) is 2.19. The molecule has 2 aromatic heterocycles. The number of nitrogens with one attached hydrogen (secondary N) is 1. The number of aromatic amines is 1. The summed E-state index contributed by atoms with van der Waals surface area (Å²) in [5.74, 6) is 1.08. The third kappa shape index (κ3) is 3.91. The third-order valence-corrected chi connectivity index (χ3v) is 5.57. The molecule has 8 heteroatoms. The van der Waals surface area contributed by atoms with Gasteiger partial charge in [0.05, 0.1) is 31.5 Å². The zero-order chi connectivity index (χ0) is 18.6. The number of H-pyrrole nitrogens is 1. The SMILES string of the molecule is CCn1ccnc1CN1CCCC[C@H]1c1cc(C(=O)N2CCOCC2)n[nH]1. The van der Waals surface area contributed by atoms with Crippen LogP contribution < -0.4 is 0 Å². The molecule has 0 unspecified atom stereocenters. The molecule has 27 heavy (non-hydrogen) atoms. The van der Waals surface area contributed by atoms with E-state index in [4.69, 9.17) is 4.74 Å². The number of morpholine rings is 1. The first-order valence-corrected chi connectivity index (χ1v) is 9.92. The first kappa shape index (κ1) is 18.2. The van der Waals surface area contributed by atoms with Gasteiger partial charge in [0.2, 0.25) is 0 Å². The standard InChI is InChI=1S/C19H28N6O2/c1-2-23-8-6-20-18(23)14-25-7-4-3-5-17(25)15-13-16(22-21-15)19(26)24-9-11-27-12-10-24/h6,8,13,17H,2-5,7,9-12,14H2,1H3,(H,21,22)/t17-/m0/s1. The van der Waals surface area contributed by atoms with E-state index in [1.165, 1.54) is 12.8 Å². The second-order valence-electron chi connectivity index (χ2n) is 7.22. The fraction of sp³-hybridized carbons (Fsp3) is 0.632. The van der Waals surface area contributed by atoms with Crippen LogP contribution in [0.3, 0.4) is 0 Å². The molecular weight excluding hydrogens is 344 g/mol. The number of carbonyl (C=O) groups excluding carboxylic acids is 1. The van der Waals surface area contributed by atoms with Crippen molar-refractivity contribution in [2.24, 2.45) is 0 Å². The van der Waals surface area contributed by atoms with Crippen molar-refractivity contribution in [3.05, 3.63) is 35.7 Å². The summed E-state index contributed by atoms with van der Waals surface area (Å²) in [6.07, 6.45) is 7.35. The molecule has 1 atom stereocenters. The van der Waals surface area contributed by atoms with Gasteiger partial charge in [-0.05, 0) is 32.4 Å². The number of hydrogen-bond acceptors (Lipinski definition) is 5. The van der Waals surface area contributed by atoms with Gasteiger partial charge >= 0.3 is 0 Å². The molecular formula is C19H28N6O2. The molecule has 0 bridgehead atoms. The van der Waals surface area contributed by atoms with Crippen LogP contribution in [-0.2, 0) is 17.8 Å². The first-order valence-electron chi connectivity index (χ1n) is 9.92. The van der Waals surface area contributed by atoms with Crippen molar-refractivity contribution in [1.29, 1.82) is 0 Å². The molecule has 1 amide bonds. The molecule has 0 saturated carbocycles. The number of imidazole rings is 1. The minimum Gasteiger partial charge on any atom is -0.378 e. The molecule has 4 rings (SSSR count). The summed E-state index contributed by atoms with van der Waals surface area (Å²) in [6.45, 7) is 7.39. The van der Waals surface area contributed by atoms with E-state index in [-0.39, 0.29) is 11.9 Å². The molecule has 2 aromatic rings. The van der Waals surface area contributed by atoms with Crippen LogP contribution in [0.2, 0.25) is 0 Å². The summed E-state index contributed by atoms with van der Waals surface area (Å²) in [5, 5.41) is 7.46. The number of carbonyl (C=O) groups is 1. The molecule has 2 aliphatic heterocycles. The molecule has 2 fully saturated rings. The van der Waals surface area contributed by atoms with Gasteiger partial charge in [-0.25, -0.2) is 4.98 Å². The van der Waals surface area contributed by atoms with Gasteiger partial charge in [0, 0.05) is 32.0 Å². The number of rotatable bonds is 5. The number of aromatic nitrogens is 4. The van der Waals surface area contributed by atoms with E-state index in [9.17, 15) is 4.79 Å². The topological polar surface area (TPSA) is 79.3 Å². The largest absolute Gasteiger partial charge is 0.378 e. The average molecular weight is 372 g/mol. The predicted molar refractivity (Wildman–Crippen MR) is 100 cm³/mol. The lowest BCUT2D eigenvalue weighted by atomic mass is 9.99. The van der Waals surface area contributed by atoms with E-state index in [0.29, 0.717) is 32.0 Å². The zero-order valence-corrected chi connectivity index (χ0v) is 15.9. The van der Waals surface area contributed by atoms with Crippen LogP contribution in [0.5, 0.6) is 0 Å². The van der Waals surface area contributed by atoms with Crippen molar-refractivity contribution >= 4 is 5.91 Å². The van der Waals surface area contributed by atoms with Crippen molar-refractivity contribution in [3.63, 3.8) is 0 Å². The molecule has 8 nitrogen and oxygen atoms in total. The van der Waals surface area contributed by atoms with Gasteiger partial charge in [-0.3, -0.25) is 14.8 Å².